The summed E-state index contributed by atoms with van der Waals surface area (Å²) < 4.78 is 0. The van der Waals surface area contributed by atoms with E-state index in [0.717, 1.165) is 17.1 Å². The third-order valence-corrected chi connectivity index (χ3v) is 12.4. The van der Waals surface area contributed by atoms with Gasteiger partial charge in [-0.2, -0.15) is 0 Å². The second-order valence-corrected chi connectivity index (χ2v) is 15.6. The summed E-state index contributed by atoms with van der Waals surface area (Å²) in [7, 11) is 0. The van der Waals surface area contributed by atoms with Gasteiger partial charge in [0.25, 0.3) is 0 Å². The lowest BCUT2D eigenvalue weighted by molar-refractivity contribution is 0.768. The molecule has 0 atom stereocenters. The third kappa shape index (κ3) is 5.86. The van der Waals surface area contributed by atoms with Crippen molar-refractivity contribution in [3.05, 3.63) is 271 Å². The Morgan fingerprint density at radius 2 is 0.767 bits per heavy atom. The van der Waals surface area contributed by atoms with Crippen LogP contribution in [0.25, 0.3) is 55.3 Å². The lowest BCUT2D eigenvalue weighted by Crippen LogP contribution is -2.28. The van der Waals surface area contributed by atoms with Crippen molar-refractivity contribution in [2.75, 3.05) is 4.90 Å². The van der Waals surface area contributed by atoms with Crippen molar-refractivity contribution < 1.29 is 0 Å². The van der Waals surface area contributed by atoms with Gasteiger partial charge in [0.1, 0.15) is 0 Å². The number of benzene rings is 10. The molecule has 0 heterocycles. The number of rotatable bonds is 8. The Bertz CT molecular complexity index is 3070. The van der Waals surface area contributed by atoms with E-state index in [9.17, 15) is 0 Å². The summed E-state index contributed by atoms with van der Waals surface area (Å²) in [5.41, 5.74) is 17.9. The molecule has 282 valence electrons. The lowest BCUT2D eigenvalue weighted by atomic mass is 9.67. The molecule has 0 saturated heterocycles. The van der Waals surface area contributed by atoms with Gasteiger partial charge in [0.05, 0.1) is 5.41 Å². The minimum absolute atomic E-state index is 0.433. The first kappa shape index (κ1) is 35.4. The number of nitrogens with zero attached hydrogens (tertiary/aromatic N) is 1. The summed E-state index contributed by atoms with van der Waals surface area (Å²) in [5.74, 6) is 0. The molecule has 0 fully saturated rings. The Morgan fingerprint density at radius 1 is 0.283 bits per heavy atom. The van der Waals surface area contributed by atoms with Crippen LogP contribution in [0.5, 0.6) is 0 Å². The Kier molecular flexibility index (Phi) is 8.79. The van der Waals surface area contributed by atoms with E-state index < -0.39 is 5.41 Å². The van der Waals surface area contributed by atoms with Crippen molar-refractivity contribution in [1.82, 2.24) is 0 Å². The van der Waals surface area contributed by atoms with Crippen LogP contribution in [-0.4, -0.2) is 0 Å². The van der Waals surface area contributed by atoms with Gasteiger partial charge in [-0.3, -0.25) is 0 Å². The predicted octanol–water partition coefficient (Wildman–Crippen LogP) is 15.7. The number of hydrogen-bond acceptors (Lipinski definition) is 1. The minimum atomic E-state index is -0.433. The highest BCUT2D eigenvalue weighted by Crippen LogP contribution is 2.58. The highest BCUT2D eigenvalue weighted by molar-refractivity contribution is 5.98. The molecule has 1 aliphatic carbocycles. The molecule has 1 aliphatic rings. The van der Waals surface area contributed by atoms with Gasteiger partial charge in [0.2, 0.25) is 0 Å². The van der Waals surface area contributed by atoms with E-state index in [1.165, 1.54) is 77.5 Å². The maximum absolute atomic E-state index is 2.35. The zero-order chi connectivity index (χ0) is 39.9. The fourth-order valence-electron chi connectivity index (χ4n) is 9.69. The van der Waals surface area contributed by atoms with Crippen LogP contribution in [0, 0.1) is 0 Å². The number of fused-ring (bicyclic) bond motifs is 4. The average Bonchev–Trinajstić information content (AvgIpc) is 3.64. The van der Waals surface area contributed by atoms with E-state index in [-0.39, 0.29) is 0 Å². The first-order valence-corrected chi connectivity index (χ1v) is 20.8. The summed E-state index contributed by atoms with van der Waals surface area (Å²) in [6.45, 7) is 0. The first-order chi connectivity index (χ1) is 29.8. The molecule has 0 aromatic heterocycles. The molecule has 60 heavy (non-hydrogen) atoms. The Hall–Kier alpha value is -7.74. The predicted molar refractivity (Wildman–Crippen MR) is 252 cm³/mol. The standard InChI is InChI=1S/C59H41N/c1-4-21-47(22-5-1)59(48-23-6-2-7-24-48)56-31-13-12-28-55(56)58-54(30-16-32-57(58)59)44-35-39-51(40-36-44)60(49-25-8-3-9-26-49)50-37-33-42(34-38-50)45-19-14-20-46(41-45)53-29-15-18-43-17-10-11-27-52(43)53/h1-41H. The molecule has 0 bridgehead atoms. The maximum Gasteiger partial charge on any atom is 0.0713 e. The smallest absolute Gasteiger partial charge is 0.0713 e. The monoisotopic (exact) mass is 763 g/mol. The molecule has 0 radical (unpaired) electrons. The molecule has 1 nitrogen and oxygen atoms in total. The van der Waals surface area contributed by atoms with Crippen LogP contribution in [-0.2, 0) is 5.41 Å². The van der Waals surface area contributed by atoms with Crippen molar-refractivity contribution in [2.45, 2.75) is 5.41 Å². The van der Waals surface area contributed by atoms with E-state index in [2.05, 4.69) is 254 Å². The van der Waals surface area contributed by atoms with Crippen molar-refractivity contribution in [3.63, 3.8) is 0 Å². The van der Waals surface area contributed by atoms with Gasteiger partial charge in [-0.05, 0) is 120 Å². The Labute approximate surface area is 352 Å². The van der Waals surface area contributed by atoms with Gasteiger partial charge >= 0.3 is 0 Å². The van der Waals surface area contributed by atoms with Crippen LogP contribution in [0.2, 0.25) is 0 Å². The Morgan fingerprint density at radius 3 is 1.48 bits per heavy atom. The van der Waals surface area contributed by atoms with E-state index in [0.29, 0.717) is 0 Å². The minimum Gasteiger partial charge on any atom is -0.311 e. The van der Waals surface area contributed by atoms with E-state index >= 15 is 0 Å². The van der Waals surface area contributed by atoms with Gasteiger partial charge in [0, 0.05) is 17.1 Å². The van der Waals surface area contributed by atoms with Gasteiger partial charge in [-0.1, -0.05) is 206 Å². The molecule has 0 N–H and O–H groups in total. The molecule has 0 amide bonds. The van der Waals surface area contributed by atoms with E-state index in [1.807, 2.05) is 0 Å². The zero-order valence-corrected chi connectivity index (χ0v) is 33.1. The summed E-state index contributed by atoms with van der Waals surface area (Å²) in [6, 6.07) is 90.8. The molecular formula is C59H41N. The topological polar surface area (TPSA) is 3.24 Å². The summed E-state index contributed by atoms with van der Waals surface area (Å²) >= 11 is 0. The highest BCUT2D eigenvalue weighted by Gasteiger charge is 2.46. The third-order valence-electron chi connectivity index (χ3n) is 12.4. The normalized spacial score (nSPS) is 12.5. The summed E-state index contributed by atoms with van der Waals surface area (Å²) in [5, 5.41) is 2.52. The molecule has 10 aromatic rings. The van der Waals surface area contributed by atoms with Crippen LogP contribution < -0.4 is 4.90 Å². The Balaban J connectivity index is 0.977. The quantitative estimate of drug-likeness (QED) is 0.149. The number of hydrogen-bond donors (Lipinski definition) is 0. The van der Waals surface area contributed by atoms with Crippen molar-refractivity contribution in [1.29, 1.82) is 0 Å². The van der Waals surface area contributed by atoms with Gasteiger partial charge in [-0.25, -0.2) is 0 Å². The van der Waals surface area contributed by atoms with Crippen LogP contribution in [0.4, 0.5) is 17.1 Å². The van der Waals surface area contributed by atoms with Gasteiger partial charge in [0.15, 0.2) is 0 Å². The van der Waals surface area contributed by atoms with Gasteiger partial charge < -0.3 is 4.90 Å². The first-order valence-electron chi connectivity index (χ1n) is 20.8. The molecule has 0 aliphatic heterocycles. The van der Waals surface area contributed by atoms with Crippen LogP contribution in [0.3, 0.4) is 0 Å². The van der Waals surface area contributed by atoms with Crippen LogP contribution in [0.15, 0.2) is 249 Å². The SMILES string of the molecule is c1ccc(N(c2ccc(-c3cccc(-c4cccc5ccccc45)c3)cc2)c2ccc(-c3cccc4c3-c3ccccc3C4(c3ccccc3)c3ccccc3)cc2)cc1. The number of para-hydroxylation sites is 1. The maximum atomic E-state index is 2.35. The molecule has 0 saturated carbocycles. The molecule has 1 heteroatoms. The lowest BCUT2D eigenvalue weighted by Gasteiger charge is -2.34. The molecule has 0 spiro atoms. The van der Waals surface area contributed by atoms with Crippen LogP contribution in [0.1, 0.15) is 22.3 Å². The number of anilines is 3. The summed E-state index contributed by atoms with van der Waals surface area (Å²) in [6.07, 6.45) is 0. The second-order valence-electron chi connectivity index (χ2n) is 15.6. The average molecular weight is 764 g/mol. The molecule has 0 unspecified atom stereocenters. The fraction of sp³-hybridized carbons (Fsp3) is 0.0169. The van der Waals surface area contributed by atoms with Crippen LogP contribution >= 0.6 is 0 Å². The molecule has 10 aromatic carbocycles. The largest absolute Gasteiger partial charge is 0.311 e. The fourth-order valence-corrected chi connectivity index (χ4v) is 9.69. The molecular weight excluding hydrogens is 723 g/mol. The van der Waals surface area contributed by atoms with Crippen molar-refractivity contribution >= 4 is 27.8 Å². The van der Waals surface area contributed by atoms with E-state index in [4.69, 9.17) is 0 Å². The van der Waals surface area contributed by atoms with Crippen molar-refractivity contribution in [2.24, 2.45) is 0 Å². The second kappa shape index (κ2) is 14.9. The molecule has 11 rings (SSSR count). The highest BCUT2D eigenvalue weighted by atomic mass is 15.1. The zero-order valence-electron chi connectivity index (χ0n) is 33.1. The van der Waals surface area contributed by atoms with Crippen molar-refractivity contribution in [3.8, 4) is 44.5 Å². The summed E-state index contributed by atoms with van der Waals surface area (Å²) in [4.78, 5) is 2.35. The van der Waals surface area contributed by atoms with Gasteiger partial charge in [-0.15, -0.1) is 0 Å². The van der Waals surface area contributed by atoms with E-state index in [1.54, 1.807) is 0 Å².